The summed E-state index contributed by atoms with van der Waals surface area (Å²) in [6.45, 7) is 7.94. The Morgan fingerprint density at radius 1 is 1.32 bits per heavy atom. The van der Waals surface area contributed by atoms with Crippen LogP contribution in [-0.4, -0.2) is 52.7 Å². The third kappa shape index (κ3) is 4.12. The molecule has 0 bridgehead atoms. The Labute approximate surface area is 129 Å². The topological polar surface area (TPSA) is 88.0 Å². The van der Waals surface area contributed by atoms with E-state index < -0.39 is 5.60 Å². The summed E-state index contributed by atoms with van der Waals surface area (Å²) < 4.78 is 5.37. The van der Waals surface area contributed by atoms with Crippen molar-refractivity contribution in [1.82, 2.24) is 14.9 Å². The molecule has 0 unspecified atom stereocenters. The summed E-state index contributed by atoms with van der Waals surface area (Å²) in [6, 6.07) is 0. The number of anilines is 1. The van der Waals surface area contributed by atoms with E-state index in [1.54, 1.807) is 11.1 Å². The van der Waals surface area contributed by atoms with E-state index in [1.165, 1.54) is 6.33 Å². The van der Waals surface area contributed by atoms with Crippen molar-refractivity contribution < 1.29 is 9.53 Å². The van der Waals surface area contributed by atoms with Crippen LogP contribution in [0.3, 0.4) is 0 Å². The van der Waals surface area contributed by atoms with E-state index in [-0.39, 0.29) is 12.6 Å². The molecule has 1 fully saturated rings. The van der Waals surface area contributed by atoms with Crippen LogP contribution in [0, 0.1) is 4.91 Å². The normalized spacial score (nSPS) is 15.6. The lowest BCUT2D eigenvalue weighted by Crippen LogP contribution is -2.50. The van der Waals surface area contributed by atoms with Gasteiger partial charge in [-0.2, -0.15) is 4.91 Å². The second-order valence-corrected chi connectivity index (χ2v) is 6.11. The minimum Gasteiger partial charge on any atom is -0.444 e. The summed E-state index contributed by atoms with van der Waals surface area (Å²) in [5, 5.41) is 2.90. The average molecular weight is 307 g/mol. The zero-order valence-corrected chi connectivity index (χ0v) is 13.2. The SMILES string of the molecule is CC(C)(C)OC(=O)N1CCN(c2ncncc2CN=O)CC1. The number of hydrogen-bond acceptors (Lipinski definition) is 7. The first-order valence-electron chi connectivity index (χ1n) is 7.21. The second kappa shape index (κ2) is 6.67. The highest BCUT2D eigenvalue weighted by Crippen LogP contribution is 2.20. The zero-order valence-electron chi connectivity index (χ0n) is 13.2. The van der Waals surface area contributed by atoms with Crippen molar-refractivity contribution in [2.45, 2.75) is 32.9 Å². The molecule has 0 saturated carbocycles. The maximum absolute atomic E-state index is 12.0. The van der Waals surface area contributed by atoms with Gasteiger partial charge in [0.25, 0.3) is 0 Å². The number of amides is 1. The largest absolute Gasteiger partial charge is 0.444 e. The third-order valence-corrected chi connectivity index (χ3v) is 3.23. The van der Waals surface area contributed by atoms with E-state index in [9.17, 15) is 9.70 Å². The van der Waals surface area contributed by atoms with Crippen LogP contribution >= 0.6 is 0 Å². The molecule has 2 heterocycles. The first kappa shape index (κ1) is 16.1. The summed E-state index contributed by atoms with van der Waals surface area (Å²) in [6.07, 6.45) is 2.75. The minimum atomic E-state index is -0.496. The van der Waals surface area contributed by atoms with Gasteiger partial charge >= 0.3 is 6.09 Å². The van der Waals surface area contributed by atoms with E-state index >= 15 is 0 Å². The van der Waals surface area contributed by atoms with Crippen LogP contribution in [0.25, 0.3) is 0 Å². The van der Waals surface area contributed by atoms with Crippen molar-refractivity contribution in [3.63, 3.8) is 0 Å². The van der Waals surface area contributed by atoms with Crippen LogP contribution in [-0.2, 0) is 11.3 Å². The highest BCUT2D eigenvalue weighted by atomic mass is 16.6. The van der Waals surface area contributed by atoms with Gasteiger partial charge in [-0.3, -0.25) is 0 Å². The van der Waals surface area contributed by atoms with Crippen molar-refractivity contribution in [2.75, 3.05) is 31.1 Å². The summed E-state index contributed by atoms with van der Waals surface area (Å²) in [5.74, 6) is 0.707. The molecule has 1 aromatic rings. The molecular formula is C14H21N5O3. The van der Waals surface area contributed by atoms with E-state index in [4.69, 9.17) is 4.74 Å². The Morgan fingerprint density at radius 3 is 2.59 bits per heavy atom. The van der Waals surface area contributed by atoms with Crippen molar-refractivity contribution in [1.29, 1.82) is 0 Å². The van der Waals surface area contributed by atoms with E-state index in [1.807, 2.05) is 25.7 Å². The van der Waals surface area contributed by atoms with E-state index in [0.717, 1.165) is 0 Å². The highest BCUT2D eigenvalue weighted by Gasteiger charge is 2.27. The van der Waals surface area contributed by atoms with E-state index in [2.05, 4.69) is 15.1 Å². The molecule has 1 aliphatic heterocycles. The number of ether oxygens (including phenoxy) is 1. The predicted octanol–water partition coefficient (Wildman–Crippen LogP) is 1.80. The van der Waals surface area contributed by atoms with Gasteiger partial charge in [0.15, 0.2) is 0 Å². The number of rotatable bonds is 3. The molecule has 1 aliphatic rings. The van der Waals surface area contributed by atoms with Gasteiger partial charge in [0, 0.05) is 37.9 Å². The lowest BCUT2D eigenvalue weighted by Gasteiger charge is -2.36. The van der Waals surface area contributed by atoms with Crippen molar-refractivity contribution in [3.8, 4) is 0 Å². The quantitative estimate of drug-likeness (QED) is 0.791. The molecule has 1 amide bonds. The molecule has 0 atom stereocenters. The van der Waals surface area contributed by atoms with Gasteiger partial charge in [0.05, 0.1) is 0 Å². The van der Waals surface area contributed by atoms with Gasteiger partial charge in [0.1, 0.15) is 24.3 Å². The van der Waals surface area contributed by atoms with Gasteiger partial charge in [-0.15, -0.1) is 0 Å². The number of carbonyl (C=O) groups is 1. The Bertz CT molecular complexity index is 536. The number of carbonyl (C=O) groups excluding carboxylic acids is 1. The predicted molar refractivity (Wildman–Crippen MR) is 81.6 cm³/mol. The van der Waals surface area contributed by atoms with Gasteiger partial charge < -0.3 is 14.5 Å². The fraction of sp³-hybridized carbons (Fsp3) is 0.643. The lowest BCUT2D eigenvalue weighted by molar-refractivity contribution is 0.0240. The van der Waals surface area contributed by atoms with Gasteiger partial charge in [-0.25, -0.2) is 14.8 Å². The Balaban J connectivity index is 1.98. The number of hydrogen-bond donors (Lipinski definition) is 0. The van der Waals surface area contributed by atoms with E-state index in [0.29, 0.717) is 37.6 Å². The smallest absolute Gasteiger partial charge is 0.410 e. The molecule has 0 radical (unpaired) electrons. The Kier molecular flexibility index (Phi) is 4.89. The molecule has 1 aromatic heterocycles. The lowest BCUT2D eigenvalue weighted by atomic mass is 10.2. The Hall–Kier alpha value is -2.25. The van der Waals surface area contributed by atoms with Crippen molar-refractivity contribution in [2.24, 2.45) is 5.18 Å². The van der Waals surface area contributed by atoms with Gasteiger partial charge in [-0.05, 0) is 20.8 Å². The maximum atomic E-state index is 12.0. The first-order valence-corrected chi connectivity index (χ1v) is 7.21. The van der Waals surface area contributed by atoms with Crippen LogP contribution in [0.4, 0.5) is 10.6 Å². The molecule has 120 valence electrons. The number of aromatic nitrogens is 2. The average Bonchev–Trinajstić information content (AvgIpc) is 2.47. The fourth-order valence-electron chi connectivity index (χ4n) is 2.25. The summed E-state index contributed by atoms with van der Waals surface area (Å²) >= 11 is 0. The molecule has 0 spiro atoms. The second-order valence-electron chi connectivity index (χ2n) is 6.11. The van der Waals surface area contributed by atoms with Gasteiger partial charge in [0.2, 0.25) is 0 Å². The third-order valence-electron chi connectivity index (χ3n) is 3.23. The van der Waals surface area contributed by atoms with Crippen LogP contribution in [0.5, 0.6) is 0 Å². The maximum Gasteiger partial charge on any atom is 0.410 e. The molecule has 8 nitrogen and oxygen atoms in total. The summed E-state index contributed by atoms with van der Waals surface area (Å²) in [4.78, 5) is 34.4. The molecular weight excluding hydrogens is 286 g/mol. The monoisotopic (exact) mass is 307 g/mol. The van der Waals surface area contributed by atoms with Crippen molar-refractivity contribution >= 4 is 11.9 Å². The number of nitrogens with zero attached hydrogens (tertiary/aromatic N) is 5. The summed E-state index contributed by atoms with van der Waals surface area (Å²) in [7, 11) is 0. The molecule has 8 heteroatoms. The molecule has 0 N–H and O–H groups in total. The molecule has 1 saturated heterocycles. The van der Waals surface area contributed by atoms with Gasteiger partial charge in [-0.1, -0.05) is 5.18 Å². The number of nitroso groups, excluding NO2 is 1. The van der Waals surface area contributed by atoms with Crippen LogP contribution in [0.15, 0.2) is 17.7 Å². The molecule has 0 aliphatic carbocycles. The summed E-state index contributed by atoms with van der Waals surface area (Å²) in [5.41, 5.74) is 0.201. The van der Waals surface area contributed by atoms with Crippen molar-refractivity contribution in [3.05, 3.63) is 23.0 Å². The molecule has 2 rings (SSSR count). The van der Waals surface area contributed by atoms with Crippen LogP contribution in [0.2, 0.25) is 0 Å². The molecule has 22 heavy (non-hydrogen) atoms. The standard InChI is InChI=1S/C14H21N5O3/c1-14(2,3)22-13(20)19-6-4-18(5-7-19)12-11(9-17-21)8-15-10-16-12/h8,10H,4-7,9H2,1-3H3. The zero-order chi connectivity index (χ0) is 16.2. The highest BCUT2D eigenvalue weighted by molar-refractivity contribution is 5.68. The fourth-order valence-corrected chi connectivity index (χ4v) is 2.25. The Morgan fingerprint density at radius 2 is 2.00 bits per heavy atom. The van der Waals surface area contributed by atoms with Crippen LogP contribution < -0.4 is 4.90 Å². The number of piperazine rings is 1. The van der Waals surface area contributed by atoms with Crippen LogP contribution in [0.1, 0.15) is 26.3 Å². The molecule has 0 aromatic carbocycles. The first-order chi connectivity index (χ1) is 10.4. The minimum absolute atomic E-state index is 0.0441.